The minimum atomic E-state index is -0.198. The normalized spacial score (nSPS) is 27.8. The summed E-state index contributed by atoms with van der Waals surface area (Å²) in [7, 11) is 0. The average molecular weight is 196 g/mol. The molecule has 0 saturated heterocycles. The van der Waals surface area contributed by atoms with Crippen molar-refractivity contribution in [1.82, 2.24) is 15.0 Å². The van der Waals surface area contributed by atoms with Gasteiger partial charge in [-0.3, -0.25) is 0 Å². The lowest BCUT2D eigenvalue weighted by molar-refractivity contribution is 0.0563. The molecule has 14 heavy (non-hydrogen) atoms. The van der Waals surface area contributed by atoms with E-state index < -0.39 is 0 Å². The molecule has 1 aromatic rings. The topological polar surface area (TPSA) is 77.0 Å². The third kappa shape index (κ3) is 2.04. The van der Waals surface area contributed by atoms with Gasteiger partial charge in [0, 0.05) is 5.92 Å². The highest BCUT2D eigenvalue weighted by Crippen LogP contribution is 2.25. The summed E-state index contributed by atoms with van der Waals surface area (Å²) in [6, 6.07) is 0. The summed E-state index contributed by atoms with van der Waals surface area (Å²) in [4.78, 5) is 1.58. The van der Waals surface area contributed by atoms with Crippen LogP contribution in [0.1, 0.15) is 25.7 Å². The highest BCUT2D eigenvalue weighted by molar-refractivity contribution is 5.19. The van der Waals surface area contributed by atoms with Crippen LogP contribution in [-0.4, -0.2) is 26.2 Å². The molecule has 0 aromatic carbocycles. The van der Waals surface area contributed by atoms with Gasteiger partial charge in [-0.1, -0.05) is 12.8 Å². The zero-order valence-corrected chi connectivity index (χ0v) is 8.13. The largest absolute Gasteiger partial charge is 0.393 e. The zero-order chi connectivity index (χ0) is 9.97. The predicted molar refractivity (Wildman–Crippen MR) is 52.4 cm³/mol. The molecule has 0 bridgehead atoms. The minimum absolute atomic E-state index is 0.198. The molecule has 1 aliphatic carbocycles. The molecule has 1 saturated carbocycles. The van der Waals surface area contributed by atoms with E-state index in [1.165, 1.54) is 12.6 Å². The molecule has 1 aromatic heterocycles. The fraction of sp³-hybridized carbons (Fsp3) is 0.778. The molecular formula is C9H16N4O. The van der Waals surface area contributed by atoms with Crippen molar-refractivity contribution in [3.05, 3.63) is 6.20 Å². The summed E-state index contributed by atoms with van der Waals surface area (Å²) in [6.07, 6.45) is 5.63. The van der Waals surface area contributed by atoms with E-state index >= 15 is 0 Å². The van der Waals surface area contributed by atoms with Gasteiger partial charge in [-0.25, -0.2) is 0 Å². The fourth-order valence-electron chi connectivity index (χ4n) is 2.01. The summed E-state index contributed by atoms with van der Waals surface area (Å²) < 4.78 is 0. The summed E-state index contributed by atoms with van der Waals surface area (Å²) in [6.45, 7) is 0.679. The molecule has 0 aliphatic heterocycles. The maximum atomic E-state index is 9.74. The van der Waals surface area contributed by atoms with Gasteiger partial charge in [0.1, 0.15) is 0 Å². The van der Waals surface area contributed by atoms with Crippen molar-refractivity contribution in [2.45, 2.75) is 38.3 Å². The molecule has 5 nitrogen and oxygen atoms in total. The highest BCUT2D eigenvalue weighted by atomic mass is 16.3. The summed E-state index contributed by atoms with van der Waals surface area (Å²) in [5.74, 6) is 0.728. The van der Waals surface area contributed by atoms with Gasteiger partial charge >= 0.3 is 0 Å². The van der Waals surface area contributed by atoms with E-state index in [-0.39, 0.29) is 12.0 Å². The first-order valence-corrected chi connectivity index (χ1v) is 5.09. The van der Waals surface area contributed by atoms with E-state index in [9.17, 15) is 5.11 Å². The first-order chi connectivity index (χ1) is 6.75. The molecule has 1 fully saturated rings. The Morgan fingerprint density at radius 2 is 2.29 bits per heavy atom. The van der Waals surface area contributed by atoms with Crippen LogP contribution in [0.4, 0.5) is 5.82 Å². The van der Waals surface area contributed by atoms with Gasteiger partial charge in [-0.15, -0.1) is 5.10 Å². The second-order valence-corrected chi connectivity index (χ2v) is 3.94. The monoisotopic (exact) mass is 196 g/mol. The van der Waals surface area contributed by atoms with Crippen LogP contribution in [0.25, 0.3) is 0 Å². The van der Waals surface area contributed by atoms with E-state index in [1.54, 1.807) is 4.80 Å². The third-order valence-corrected chi connectivity index (χ3v) is 2.82. The Balaban J connectivity index is 1.95. The van der Waals surface area contributed by atoms with Gasteiger partial charge in [0.2, 0.25) is 0 Å². The molecule has 1 heterocycles. The number of aliphatic hydroxyl groups excluding tert-OH is 1. The molecule has 2 atom stereocenters. The molecule has 2 rings (SSSR count). The SMILES string of the molecule is Nc1cnn(CC2CCCCC2O)n1. The van der Waals surface area contributed by atoms with Crippen LogP contribution in [-0.2, 0) is 6.54 Å². The van der Waals surface area contributed by atoms with Crippen molar-refractivity contribution >= 4 is 5.82 Å². The summed E-state index contributed by atoms with van der Waals surface area (Å²) >= 11 is 0. The second kappa shape index (κ2) is 3.96. The number of anilines is 1. The van der Waals surface area contributed by atoms with Crippen molar-refractivity contribution in [2.24, 2.45) is 5.92 Å². The van der Waals surface area contributed by atoms with Crippen molar-refractivity contribution < 1.29 is 5.11 Å². The molecule has 3 N–H and O–H groups in total. The number of aromatic nitrogens is 3. The van der Waals surface area contributed by atoms with Gasteiger partial charge in [0.25, 0.3) is 0 Å². The maximum Gasteiger partial charge on any atom is 0.165 e. The van der Waals surface area contributed by atoms with Crippen LogP contribution in [0.15, 0.2) is 6.20 Å². The second-order valence-electron chi connectivity index (χ2n) is 3.94. The number of nitrogen functional groups attached to an aromatic ring is 1. The summed E-state index contributed by atoms with van der Waals surface area (Å²) in [5.41, 5.74) is 5.46. The molecular weight excluding hydrogens is 180 g/mol. The standard InChI is InChI=1S/C9H16N4O/c10-9-5-11-13(12-9)6-7-3-1-2-4-8(7)14/h5,7-8,14H,1-4,6H2,(H2,10,12). The Morgan fingerprint density at radius 1 is 1.50 bits per heavy atom. The van der Waals surface area contributed by atoms with E-state index in [1.807, 2.05) is 0 Å². The summed E-state index contributed by atoms with van der Waals surface area (Å²) in [5, 5.41) is 17.8. The van der Waals surface area contributed by atoms with Crippen LogP contribution in [0.5, 0.6) is 0 Å². The number of rotatable bonds is 2. The van der Waals surface area contributed by atoms with Crippen molar-refractivity contribution in [1.29, 1.82) is 0 Å². The van der Waals surface area contributed by atoms with Gasteiger partial charge in [0.05, 0.1) is 18.8 Å². The van der Waals surface area contributed by atoms with Crippen LogP contribution >= 0.6 is 0 Å². The van der Waals surface area contributed by atoms with E-state index in [2.05, 4.69) is 10.2 Å². The third-order valence-electron chi connectivity index (χ3n) is 2.82. The van der Waals surface area contributed by atoms with Gasteiger partial charge in [-0.05, 0) is 12.8 Å². The van der Waals surface area contributed by atoms with Gasteiger partial charge in [0.15, 0.2) is 5.82 Å². The van der Waals surface area contributed by atoms with Crippen molar-refractivity contribution in [3.8, 4) is 0 Å². The number of hydrogen-bond acceptors (Lipinski definition) is 4. The molecule has 78 valence electrons. The molecule has 1 aliphatic rings. The van der Waals surface area contributed by atoms with Crippen molar-refractivity contribution in [2.75, 3.05) is 5.73 Å². The lowest BCUT2D eigenvalue weighted by atomic mass is 9.87. The quantitative estimate of drug-likeness (QED) is 0.718. The lowest BCUT2D eigenvalue weighted by Crippen LogP contribution is -2.29. The van der Waals surface area contributed by atoms with Crippen molar-refractivity contribution in [3.63, 3.8) is 0 Å². The van der Waals surface area contributed by atoms with E-state index in [0.717, 1.165) is 19.3 Å². The van der Waals surface area contributed by atoms with E-state index in [0.29, 0.717) is 12.4 Å². The zero-order valence-electron chi connectivity index (χ0n) is 8.13. The molecule has 5 heteroatoms. The fourth-order valence-corrected chi connectivity index (χ4v) is 2.01. The first-order valence-electron chi connectivity index (χ1n) is 5.09. The van der Waals surface area contributed by atoms with Crippen LogP contribution in [0, 0.1) is 5.92 Å². The van der Waals surface area contributed by atoms with Crippen LogP contribution in [0.3, 0.4) is 0 Å². The molecule has 0 amide bonds. The Hall–Kier alpha value is -1.10. The maximum absolute atomic E-state index is 9.74. The van der Waals surface area contributed by atoms with Crippen LogP contribution < -0.4 is 5.73 Å². The molecule has 0 spiro atoms. The molecule has 0 radical (unpaired) electrons. The van der Waals surface area contributed by atoms with E-state index in [4.69, 9.17) is 5.73 Å². The number of aliphatic hydroxyl groups is 1. The number of nitrogens with zero attached hydrogens (tertiary/aromatic N) is 3. The Morgan fingerprint density at radius 3 is 2.93 bits per heavy atom. The smallest absolute Gasteiger partial charge is 0.165 e. The Bertz CT molecular complexity index is 299. The highest BCUT2D eigenvalue weighted by Gasteiger charge is 2.23. The Kier molecular flexibility index (Phi) is 2.67. The predicted octanol–water partition coefficient (Wildman–Crippen LogP) is 0.411. The van der Waals surface area contributed by atoms with Gasteiger partial charge < -0.3 is 10.8 Å². The van der Waals surface area contributed by atoms with Gasteiger partial charge in [-0.2, -0.15) is 9.90 Å². The van der Waals surface area contributed by atoms with Crippen LogP contribution in [0.2, 0.25) is 0 Å². The average Bonchev–Trinajstić information content (AvgIpc) is 2.56. The first kappa shape index (κ1) is 9.45. The lowest BCUT2D eigenvalue weighted by Gasteiger charge is -2.26. The Labute approximate surface area is 82.9 Å². The molecule has 2 unspecified atom stereocenters. The number of nitrogens with two attached hydrogens (primary N) is 1. The number of hydrogen-bond donors (Lipinski definition) is 2. The minimum Gasteiger partial charge on any atom is -0.393 e.